The average molecular weight is 436 g/mol. The summed E-state index contributed by atoms with van der Waals surface area (Å²) < 4.78 is 5.24. The second-order valence-corrected chi connectivity index (χ2v) is 8.11. The summed E-state index contributed by atoms with van der Waals surface area (Å²) in [6.07, 6.45) is 10.5. The van der Waals surface area contributed by atoms with Gasteiger partial charge in [-0.15, -0.1) is 0 Å². The van der Waals surface area contributed by atoms with Crippen LogP contribution >= 0.6 is 0 Å². The highest BCUT2D eigenvalue weighted by atomic mass is 16.3. The molecule has 0 unspecified atom stereocenters. The van der Waals surface area contributed by atoms with Crippen molar-refractivity contribution in [1.82, 2.24) is 35.1 Å². The monoisotopic (exact) mass is 436 g/mol. The Morgan fingerprint density at radius 1 is 0.909 bits per heavy atom. The molecule has 9 heteroatoms. The van der Waals surface area contributed by atoms with Crippen LogP contribution in [0.5, 0.6) is 0 Å². The van der Waals surface area contributed by atoms with E-state index in [0.717, 1.165) is 50.1 Å². The molecule has 0 saturated carbocycles. The maximum Gasteiger partial charge on any atom is 0.161 e. The lowest BCUT2D eigenvalue weighted by Crippen LogP contribution is -2.09. The fourth-order valence-electron chi connectivity index (χ4n) is 3.89. The summed E-state index contributed by atoms with van der Waals surface area (Å²) >= 11 is 0. The first-order chi connectivity index (χ1) is 16.2. The van der Waals surface area contributed by atoms with E-state index in [-0.39, 0.29) is 0 Å². The minimum Gasteiger partial charge on any atom is -0.472 e. The van der Waals surface area contributed by atoms with Crippen molar-refractivity contribution in [3.8, 4) is 33.9 Å². The summed E-state index contributed by atoms with van der Waals surface area (Å²) in [7, 11) is 0. The smallest absolute Gasteiger partial charge is 0.161 e. The van der Waals surface area contributed by atoms with Crippen LogP contribution < -0.4 is 5.32 Å². The Labute approximate surface area is 188 Å². The molecule has 0 aliphatic heterocycles. The summed E-state index contributed by atoms with van der Waals surface area (Å²) in [4.78, 5) is 21.8. The van der Waals surface area contributed by atoms with Gasteiger partial charge in [0.15, 0.2) is 11.5 Å². The highest BCUT2D eigenvalue weighted by molar-refractivity contribution is 5.95. The van der Waals surface area contributed by atoms with Crippen molar-refractivity contribution in [2.75, 3.05) is 5.32 Å². The molecule has 0 spiro atoms. The van der Waals surface area contributed by atoms with Gasteiger partial charge < -0.3 is 14.7 Å². The SMILES string of the molecule is CC(C)Nc1cncc(-c2ccc3[nH]nc(-c4nc5c(-c6ccoc6)cncc5[nH]4)c3n2)c1. The van der Waals surface area contributed by atoms with Crippen LogP contribution in [-0.4, -0.2) is 41.2 Å². The first kappa shape index (κ1) is 19.2. The summed E-state index contributed by atoms with van der Waals surface area (Å²) in [6, 6.07) is 8.18. The molecule has 0 bridgehead atoms. The van der Waals surface area contributed by atoms with E-state index >= 15 is 0 Å². The molecule has 0 aliphatic carbocycles. The van der Waals surface area contributed by atoms with E-state index in [9.17, 15) is 0 Å². The molecule has 0 saturated heterocycles. The lowest BCUT2D eigenvalue weighted by Gasteiger charge is -2.10. The van der Waals surface area contributed by atoms with Gasteiger partial charge in [-0.2, -0.15) is 5.10 Å². The number of hydrogen-bond donors (Lipinski definition) is 3. The van der Waals surface area contributed by atoms with Crippen molar-refractivity contribution in [2.45, 2.75) is 19.9 Å². The summed E-state index contributed by atoms with van der Waals surface area (Å²) in [5, 5.41) is 10.9. The molecule has 3 N–H and O–H groups in total. The Morgan fingerprint density at radius 3 is 2.67 bits per heavy atom. The van der Waals surface area contributed by atoms with Crippen molar-refractivity contribution in [2.24, 2.45) is 0 Å². The molecular weight excluding hydrogens is 416 g/mol. The number of pyridine rings is 3. The number of imidazole rings is 1. The van der Waals surface area contributed by atoms with E-state index in [2.05, 4.69) is 44.3 Å². The number of anilines is 1. The van der Waals surface area contributed by atoms with E-state index in [4.69, 9.17) is 14.4 Å². The summed E-state index contributed by atoms with van der Waals surface area (Å²) in [5.41, 5.74) is 8.29. The van der Waals surface area contributed by atoms with Gasteiger partial charge in [0.25, 0.3) is 0 Å². The van der Waals surface area contributed by atoms with Crippen LogP contribution in [0.25, 0.3) is 56.0 Å². The second kappa shape index (κ2) is 7.56. The van der Waals surface area contributed by atoms with Crippen LogP contribution in [0.2, 0.25) is 0 Å². The third-order valence-electron chi connectivity index (χ3n) is 5.35. The van der Waals surface area contributed by atoms with Gasteiger partial charge in [0, 0.05) is 41.3 Å². The zero-order valence-electron chi connectivity index (χ0n) is 18.0. The number of nitrogens with one attached hydrogen (secondary N) is 3. The van der Waals surface area contributed by atoms with Gasteiger partial charge in [0.05, 0.1) is 41.1 Å². The van der Waals surface area contributed by atoms with Gasteiger partial charge in [-0.1, -0.05) is 0 Å². The van der Waals surface area contributed by atoms with E-state index in [1.165, 1.54) is 0 Å². The molecule has 0 radical (unpaired) electrons. The Kier molecular flexibility index (Phi) is 4.39. The minimum absolute atomic E-state index is 0.312. The minimum atomic E-state index is 0.312. The molecule has 6 aromatic rings. The molecule has 0 fully saturated rings. The van der Waals surface area contributed by atoms with Crippen LogP contribution in [0.15, 0.2) is 66.0 Å². The zero-order valence-corrected chi connectivity index (χ0v) is 18.0. The van der Waals surface area contributed by atoms with Crippen molar-refractivity contribution in [3.05, 3.63) is 61.6 Å². The number of H-pyrrole nitrogens is 2. The van der Waals surface area contributed by atoms with Gasteiger partial charge in [0.2, 0.25) is 0 Å². The summed E-state index contributed by atoms with van der Waals surface area (Å²) in [6.45, 7) is 4.19. The fraction of sp³-hybridized carbons (Fsp3) is 0.125. The average Bonchev–Trinajstić information content (AvgIpc) is 3.57. The third-order valence-corrected chi connectivity index (χ3v) is 5.35. The zero-order chi connectivity index (χ0) is 22.4. The number of furan rings is 1. The molecule has 9 nitrogen and oxygen atoms in total. The first-order valence-electron chi connectivity index (χ1n) is 10.6. The van der Waals surface area contributed by atoms with E-state index in [1.54, 1.807) is 24.9 Å². The van der Waals surface area contributed by atoms with Crippen LogP contribution in [0.1, 0.15) is 13.8 Å². The lowest BCUT2D eigenvalue weighted by atomic mass is 10.1. The molecule has 0 amide bonds. The number of rotatable bonds is 5. The standard InChI is InChI=1S/C24H20N8O/c1-13(2)27-16-7-15(8-25-9-16)18-3-4-19-22(28-18)23(32-31-19)24-29-20-11-26-10-17(21(20)30-24)14-5-6-33-12-14/h3-13,27H,1-2H3,(H,29,30)(H,31,32). The van der Waals surface area contributed by atoms with Crippen LogP contribution in [0, 0.1) is 0 Å². The quantitative estimate of drug-likeness (QED) is 0.346. The topological polar surface area (TPSA) is 121 Å². The number of hydrogen-bond acceptors (Lipinski definition) is 7. The van der Waals surface area contributed by atoms with Crippen molar-refractivity contribution < 1.29 is 4.42 Å². The molecule has 6 heterocycles. The lowest BCUT2D eigenvalue weighted by molar-refractivity contribution is 0.568. The molecule has 0 aliphatic rings. The number of aromatic amines is 2. The molecule has 33 heavy (non-hydrogen) atoms. The highest BCUT2D eigenvalue weighted by Gasteiger charge is 2.17. The molecular formula is C24H20N8O. The Bertz CT molecular complexity index is 1580. The van der Waals surface area contributed by atoms with E-state index in [0.29, 0.717) is 17.6 Å². The van der Waals surface area contributed by atoms with E-state index in [1.807, 2.05) is 36.7 Å². The van der Waals surface area contributed by atoms with Crippen LogP contribution in [0.3, 0.4) is 0 Å². The van der Waals surface area contributed by atoms with Gasteiger partial charge in [-0.05, 0) is 38.1 Å². The predicted octanol–water partition coefficient (Wildman–Crippen LogP) is 5.04. The highest BCUT2D eigenvalue weighted by Crippen LogP contribution is 2.31. The summed E-state index contributed by atoms with van der Waals surface area (Å²) in [5.74, 6) is 0.618. The second-order valence-electron chi connectivity index (χ2n) is 8.11. The molecule has 6 rings (SSSR count). The van der Waals surface area contributed by atoms with Gasteiger partial charge >= 0.3 is 0 Å². The number of aromatic nitrogens is 7. The van der Waals surface area contributed by atoms with Crippen molar-refractivity contribution >= 4 is 27.8 Å². The third kappa shape index (κ3) is 3.39. The number of fused-ring (bicyclic) bond motifs is 2. The first-order valence-corrected chi connectivity index (χ1v) is 10.6. The van der Waals surface area contributed by atoms with Gasteiger partial charge in [-0.25, -0.2) is 9.97 Å². The molecule has 6 aromatic heterocycles. The predicted molar refractivity (Wildman–Crippen MR) is 126 cm³/mol. The largest absolute Gasteiger partial charge is 0.472 e. The Hall–Kier alpha value is -4.53. The van der Waals surface area contributed by atoms with Gasteiger partial charge in [-0.3, -0.25) is 15.1 Å². The van der Waals surface area contributed by atoms with Gasteiger partial charge in [0.1, 0.15) is 11.0 Å². The maximum atomic E-state index is 5.24. The number of nitrogens with zero attached hydrogens (tertiary/aromatic N) is 5. The van der Waals surface area contributed by atoms with Crippen LogP contribution in [0.4, 0.5) is 5.69 Å². The maximum absolute atomic E-state index is 5.24. The molecule has 0 aromatic carbocycles. The fourth-order valence-corrected chi connectivity index (χ4v) is 3.89. The van der Waals surface area contributed by atoms with Crippen LogP contribution in [-0.2, 0) is 0 Å². The van der Waals surface area contributed by atoms with E-state index < -0.39 is 0 Å². The Balaban J connectivity index is 1.45. The molecule has 162 valence electrons. The Morgan fingerprint density at radius 2 is 1.82 bits per heavy atom. The van der Waals surface area contributed by atoms with Crippen molar-refractivity contribution in [3.63, 3.8) is 0 Å². The normalized spacial score (nSPS) is 11.6. The van der Waals surface area contributed by atoms with Crippen molar-refractivity contribution in [1.29, 1.82) is 0 Å². The molecule has 0 atom stereocenters.